The van der Waals surface area contributed by atoms with Gasteiger partial charge >= 0.3 is 6.09 Å². The summed E-state index contributed by atoms with van der Waals surface area (Å²) in [5.74, 6) is -0.782. The number of carbonyl (C=O) groups is 2. The first kappa shape index (κ1) is 24.6. The minimum atomic E-state index is -1.03. The molecular formula is C29H26FN3O3. The fourth-order valence-electron chi connectivity index (χ4n) is 3.71. The second-order valence-corrected chi connectivity index (χ2v) is 8.17. The predicted molar refractivity (Wildman–Crippen MR) is 137 cm³/mol. The topological polar surface area (TPSA) is 93.5 Å². The molecule has 0 heterocycles. The summed E-state index contributed by atoms with van der Waals surface area (Å²) in [6, 6.07) is 28.6. The van der Waals surface area contributed by atoms with Crippen LogP contribution in [0.4, 0.5) is 14.9 Å². The molecule has 0 aliphatic heterocycles. The Morgan fingerprint density at radius 1 is 0.806 bits per heavy atom. The summed E-state index contributed by atoms with van der Waals surface area (Å²) in [7, 11) is 0. The summed E-state index contributed by atoms with van der Waals surface area (Å²) in [5.41, 5.74) is 9.98. The van der Waals surface area contributed by atoms with Crippen LogP contribution >= 0.6 is 0 Å². The molecule has 4 aromatic rings. The van der Waals surface area contributed by atoms with Gasteiger partial charge < -0.3 is 21.1 Å². The maximum atomic E-state index is 13.6. The smallest absolute Gasteiger partial charge is 0.408 e. The second kappa shape index (κ2) is 11.8. The van der Waals surface area contributed by atoms with Gasteiger partial charge in [-0.3, -0.25) is 4.79 Å². The number of amides is 2. The number of hydrogen-bond donors (Lipinski definition) is 3. The molecule has 0 spiro atoms. The Hall–Kier alpha value is -4.49. The van der Waals surface area contributed by atoms with Crippen LogP contribution in [0.5, 0.6) is 0 Å². The zero-order valence-corrected chi connectivity index (χ0v) is 19.5. The van der Waals surface area contributed by atoms with E-state index in [2.05, 4.69) is 10.6 Å². The lowest BCUT2D eigenvalue weighted by atomic mass is 10.00. The Balaban J connectivity index is 1.54. The first-order valence-electron chi connectivity index (χ1n) is 11.4. The monoisotopic (exact) mass is 483 g/mol. The molecule has 4 aromatic carbocycles. The number of hydrogen-bond acceptors (Lipinski definition) is 4. The minimum absolute atomic E-state index is 0.0675. The summed E-state index contributed by atoms with van der Waals surface area (Å²) >= 11 is 0. The fraction of sp³-hybridized carbons (Fsp3) is 0.103. The van der Waals surface area contributed by atoms with E-state index in [1.54, 1.807) is 54.6 Å². The molecule has 0 saturated carbocycles. The van der Waals surface area contributed by atoms with Gasteiger partial charge in [0.05, 0.1) is 0 Å². The third-order valence-corrected chi connectivity index (χ3v) is 5.57. The van der Waals surface area contributed by atoms with Gasteiger partial charge in [0.2, 0.25) is 0 Å². The maximum Gasteiger partial charge on any atom is 0.408 e. The highest BCUT2D eigenvalue weighted by Crippen LogP contribution is 2.24. The quantitative estimate of drug-likeness (QED) is 0.306. The van der Waals surface area contributed by atoms with E-state index in [1.807, 2.05) is 36.4 Å². The Bertz CT molecular complexity index is 1330. The van der Waals surface area contributed by atoms with Crippen LogP contribution < -0.4 is 16.4 Å². The van der Waals surface area contributed by atoms with E-state index in [0.717, 1.165) is 16.7 Å². The highest BCUT2D eigenvalue weighted by molar-refractivity contribution is 5.97. The van der Waals surface area contributed by atoms with Crippen LogP contribution in [0.25, 0.3) is 11.1 Å². The van der Waals surface area contributed by atoms with Crippen molar-refractivity contribution in [1.82, 2.24) is 5.32 Å². The zero-order chi connectivity index (χ0) is 25.3. The van der Waals surface area contributed by atoms with Crippen LogP contribution in [0.2, 0.25) is 0 Å². The molecule has 0 bridgehead atoms. The molecule has 1 atom stereocenters. The average Bonchev–Trinajstić information content (AvgIpc) is 2.91. The molecule has 6 nitrogen and oxygen atoms in total. The van der Waals surface area contributed by atoms with Gasteiger partial charge in [-0.25, -0.2) is 9.18 Å². The van der Waals surface area contributed by atoms with E-state index >= 15 is 0 Å². The molecule has 0 aliphatic rings. The Labute approximate surface area is 208 Å². The normalized spacial score (nSPS) is 11.4. The molecule has 36 heavy (non-hydrogen) atoms. The van der Waals surface area contributed by atoms with Gasteiger partial charge in [0.25, 0.3) is 5.91 Å². The molecule has 0 radical (unpaired) electrons. The lowest BCUT2D eigenvalue weighted by molar-refractivity contribution is -0.118. The second-order valence-electron chi connectivity index (χ2n) is 8.17. The highest BCUT2D eigenvalue weighted by atomic mass is 19.1. The van der Waals surface area contributed by atoms with E-state index in [9.17, 15) is 14.0 Å². The van der Waals surface area contributed by atoms with Gasteiger partial charge in [-0.1, -0.05) is 78.9 Å². The van der Waals surface area contributed by atoms with Gasteiger partial charge in [-0.15, -0.1) is 0 Å². The number of carbonyl (C=O) groups excluding carboxylic acids is 2. The summed E-state index contributed by atoms with van der Waals surface area (Å²) in [4.78, 5) is 25.9. The average molecular weight is 484 g/mol. The van der Waals surface area contributed by atoms with Crippen LogP contribution in [-0.2, 0) is 22.7 Å². The van der Waals surface area contributed by atoms with Crippen LogP contribution in [0.3, 0.4) is 0 Å². The molecule has 2 amide bonds. The number of halogens is 1. The van der Waals surface area contributed by atoms with Gasteiger partial charge in [0.1, 0.15) is 18.5 Å². The Kier molecular flexibility index (Phi) is 8.05. The van der Waals surface area contributed by atoms with Crippen molar-refractivity contribution in [3.8, 4) is 11.1 Å². The summed E-state index contributed by atoms with van der Waals surface area (Å²) in [6.07, 6.45) is -0.732. The lowest BCUT2D eigenvalue weighted by Crippen LogP contribution is -2.37. The van der Waals surface area contributed by atoms with Crippen molar-refractivity contribution in [1.29, 1.82) is 0 Å². The summed E-state index contributed by atoms with van der Waals surface area (Å²) in [6.45, 7) is 0.400. The molecule has 0 aliphatic carbocycles. The number of nitrogens with two attached hydrogens (primary N) is 1. The molecule has 7 heteroatoms. The summed E-state index contributed by atoms with van der Waals surface area (Å²) < 4.78 is 19.0. The molecule has 4 rings (SSSR count). The Morgan fingerprint density at radius 2 is 1.53 bits per heavy atom. The highest BCUT2D eigenvalue weighted by Gasteiger charge is 2.24. The standard InChI is InChI=1S/C29H26FN3O3/c30-25-10-5-9-24(17-25)22-12-14-23(15-13-22)27(28(34)32-26-11-4-8-21(16-26)18-31)33-29(35)36-19-20-6-2-1-3-7-20/h1-17,27H,18-19,31H2,(H,32,34)(H,33,35)/t27-/m0/s1. The number of alkyl carbamates (subject to hydrolysis) is 1. The molecule has 0 unspecified atom stereocenters. The van der Waals surface area contributed by atoms with E-state index in [1.165, 1.54) is 12.1 Å². The van der Waals surface area contributed by atoms with Crippen molar-refractivity contribution in [2.24, 2.45) is 5.73 Å². The van der Waals surface area contributed by atoms with E-state index in [0.29, 0.717) is 23.4 Å². The first-order chi connectivity index (χ1) is 17.5. The van der Waals surface area contributed by atoms with Crippen molar-refractivity contribution in [2.45, 2.75) is 19.2 Å². The van der Waals surface area contributed by atoms with Gasteiger partial charge in [-0.2, -0.15) is 0 Å². The van der Waals surface area contributed by atoms with E-state index in [-0.39, 0.29) is 12.4 Å². The van der Waals surface area contributed by atoms with E-state index < -0.39 is 18.0 Å². The van der Waals surface area contributed by atoms with Crippen molar-refractivity contribution in [3.05, 3.63) is 126 Å². The van der Waals surface area contributed by atoms with Crippen molar-refractivity contribution < 1.29 is 18.7 Å². The van der Waals surface area contributed by atoms with Crippen molar-refractivity contribution in [3.63, 3.8) is 0 Å². The number of anilines is 1. The van der Waals surface area contributed by atoms with E-state index in [4.69, 9.17) is 10.5 Å². The maximum absolute atomic E-state index is 13.6. The van der Waals surface area contributed by atoms with Gasteiger partial charge in [-0.05, 0) is 52.1 Å². The van der Waals surface area contributed by atoms with Gasteiger partial charge in [0, 0.05) is 12.2 Å². The van der Waals surface area contributed by atoms with Gasteiger partial charge in [0.15, 0.2) is 0 Å². The van der Waals surface area contributed by atoms with Crippen molar-refractivity contribution in [2.75, 3.05) is 5.32 Å². The Morgan fingerprint density at radius 3 is 2.25 bits per heavy atom. The van der Waals surface area contributed by atoms with Crippen LogP contribution in [0.1, 0.15) is 22.7 Å². The minimum Gasteiger partial charge on any atom is -0.445 e. The molecule has 0 fully saturated rings. The lowest BCUT2D eigenvalue weighted by Gasteiger charge is -2.19. The SMILES string of the molecule is NCc1cccc(NC(=O)[C@@H](NC(=O)OCc2ccccc2)c2ccc(-c3cccc(F)c3)cc2)c1. The predicted octanol–water partition coefficient (Wildman–Crippen LogP) is 5.56. The molecular weight excluding hydrogens is 457 g/mol. The third-order valence-electron chi connectivity index (χ3n) is 5.57. The van der Waals surface area contributed by atoms with Crippen molar-refractivity contribution >= 4 is 17.7 Å². The summed E-state index contributed by atoms with van der Waals surface area (Å²) in [5, 5.41) is 5.50. The first-order valence-corrected chi connectivity index (χ1v) is 11.4. The van der Waals surface area contributed by atoms with Crippen LogP contribution in [-0.4, -0.2) is 12.0 Å². The molecule has 4 N–H and O–H groups in total. The molecule has 0 aromatic heterocycles. The van der Waals surface area contributed by atoms with Crippen LogP contribution in [0, 0.1) is 5.82 Å². The zero-order valence-electron chi connectivity index (χ0n) is 19.5. The fourth-order valence-corrected chi connectivity index (χ4v) is 3.71. The number of nitrogens with one attached hydrogen (secondary N) is 2. The molecule has 182 valence electrons. The molecule has 0 saturated heterocycles. The number of rotatable bonds is 8. The largest absolute Gasteiger partial charge is 0.445 e. The van der Waals surface area contributed by atoms with Crippen LogP contribution in [0.15, 0.2) is 103 Å². The number of benzene rings is 4. The third kappa shape index (κ3) is 6.55. The number of ether oxygens (including phenoxy) is 1.